The van der Waals surface area contributed by atoms with E-state index in [1.807, 2.05) is 49.4 Å². The molecule has 1 aliphatic carbocycles. The summed E-state index contributed by atoms with van der Waals surface area (Å²) in [4.78, 5) is 11.7. The van der Waals surface area contributed by atoms with E-state index in [0.29, 0.717) is 23.8 Å². The molecule has 3 aromatic rings. The Morgan fingerprint density at radius 2 is 1.94 bits per heavy atom. The Balaban J connectivity index is 1.54. The van der Waals surface area contributed by atoms with Crippen molar-refractivity contribution in [1.82, 2.24) is 0 Å². The molecule has 0 saturated heterocycles. The zero-order chi connectivity index (χ0) is 24.7. The molecule has 7 heteroatoms. The third-order valence-corrected chi connectivity index (χ3v) is 7.77. The fourth-order valence-corrected chi connectivity index (χ4v) is 5.92. The molecule has 0 spiro atoms. The lowest BCUT2D eigenvalue weighted by Gasteiger charge is -2.38. The molecular formula is C28H27BrN2O4. The van der Waals surface area contributed by atoms with Gasteiger partial charge in [0.05, 0.1) is 22.5 Å². The quantitative estimate of drug-likeness (QED) is 0.202. The van der Waals surface area contributed by atoms with Gasteiger partial charge in [-0.15, -0.1) is 0 Å². The van der Waals surface area contributed by atoms with Crippen LogP contribution >= 0.6 is 15.9 Å². The Hall–Kier alpha value is -3.32. The van der Waals surface area contributed by atoms with Gasteiger partial charge in [-0.25, -0.2) is 0 Å². The van der Waals surface area contributed by atoms with Gasteiger partial charge in [-0.2, -0.15) is 0 Å². The van der Waals surface area contributed by atoms with Crippen molar-refractivity contribution in [1.29, 1.82) is 0 Å². The normalized spacial score (nSPS) is 20.1. The van der Waals surface area contributed by atoms with Crippen molar-refractivity contribution < 1.29 is 14.4 Å². The standard InChI is InChI=1S/C28H27BrN2O4/c1-16-12-23(31(32)33)27-25(17(16)2)20-10-7-11-21(20)26(30-27)19-13-22(29)28(24(14-19)34-3)35-15-18-8-5-4-6-9-18/h4-10,12-14,20-21,26,30H,11,15H2,1-3H3/t20-,21-,26+/m1/s1. The van der Waals surface area contributed by atoms with Crippen LogP contribution in [0.25, 0.3) is 0 Å². The van der Waals surface area contributed by atoms with E-state index >= 15 is 0 Å². The molecule has 0 unspecified atom stereocenters. The summed E-state index contributed by atoms with van der Waals surface area (Å²) in [6.07, 6.45) is 5.29. The Morgan fingerprint density at radius 1 is 1.17 bits per heavy atom. The van der Waals surface area contributed by atoms with Crippen LogP contribution in [0.1, 0.15) is 46.2 Å². The third-order valence-electron chi connectivity index (χ3n) is 7.18. The van der Waals surface area contributed by atoms with Crippen LogP contribution < -0.4 is 14.8 Å². The Labute approximate surface area is 213 Å². The van der Waals surface area contributed by atoms with E-state index in [0.717, 1.165) is 38.7 Å². The summed E-state index contributed by atoms with van der Waals surface area (Å²) in [6, 6.07) is 15.5. The molecule has 3 aromatic carbocycles. The molecule has 0 saturated carbocycles. The highest BCUT2D eigenvalue weighted by atomic mass is 79.9. The van der Waals surface area contributed by atoms with Crippen molar-refractivity contribution in [3.05, 3.63) is 103 Å². The molecular weight excluding hydrogens is 508 g/mol. The number of fused-ring (bicyclic) bond motifs is 3. The number of anilines is 1. The molecule has 5 rings (SSSR count). The number of ether oxygens (including phenoxy) is 2. The summed E-state index contributed by atoms with van der Waals surface area (Å²) in [5.41, 5.74) is 5.91. The SMILES string of the molecule is COc1cc([C@@H]2Nc3c([N+](=O)[O-])cc(C)c(C)c3[C@@H]3C=CC[C@H]32)cc(Br)c1OCc1ccccc1. The first kappa shape index (κ1) is 23.4. The summed E-state index contributed by atoms with van der Waals surface area (Å²) in [5.74, 6) is 1.62. The Morgan fingerprint density at radius 3 is 2.66 bits per heavy atom. The number of nitro groups is 1. The van der Waals surface area contributed by atoms with Gasteiger partial charge in [0.15, 0.2) is 11.5 Å². The van der Waals surface area contributed by atoms with Gasteiger partial charge >= 0.3 is 0 Å². The Bertz CT molecular complexity index is 1320. The van der Waals surface area contributed by atoms with Gasteiger partial charge in [0, 0.05) is 12.0 Å². The maximum Gasteiger partial charge on any atom is 0.292 e. The van der Waals surface area contributed by atoms with Gasteiger partial charge in [0.1, 0.15) is 12.3 Å². The number of allylic oxidation sites excluding steroid dienone is 2. The van der Waals surface area contributed by atoms with Crippen LogP contribution in [-0.2, 0) is 6.61 Å². The lowest BCUT2D eigenvalue weighted by atomic mass is 9.74. The maximum absolute atomic E-state index is 12.0. The molecule has 1 heterocycles. The van der Waals surface area contributed by atoms with Crippen LogP contribution in [-0.4, -0.2) is 12.0 Å². The monoisotopic (exact) mass is 534 g/mol. The number of halogens is 1. The molecule has 2 aliphatic rings. The van der Waals surface area contributed by atoms with Crippen molar-refractivity contribution in [3.8, 4) is 11.5 Å². The summed E-state index contributed by atoms with van der Waals surface area (Å²) in [5, 5.41) is 15.5. The second-order valence-corrected chi connectivity index (χ2v) is 10.0. The largest absolute Gasteiger partial charge is 0.493 e. The summed E-state index contributed by atoms with van der Waals surface area (Å²) in [7, 11) is 1.63. The number of nitrogens with zero attached hydrogens (tertiary/aromatic N) is 1. The number of nitrogens with one attached hydrogen (secondary N) is 1. The van der Waals surface area contributed by atoms with E-state index < -0.39 is 0 Å². The topological polar surface area (TPSA) is 73.6 Å². The molecule has 0 fully saturated rings. The van der Waals surface area contributed by atoms with E-state index in [9.17, 15) is 10.1 Å². The highest BCUT2D eigenvalue weighted by Crippen LogP contribution is 2.54. The minimum absolute atomic E-state index is 0.114. The molecule has 0 aromatic heterocycles. The van der Waals surface area contributed by atoms with Crippen LogP contribution in [0.4, 0.5) is 11.4 Å². The summed E-state index contributed by atoms with van der Waals surface area (Å²) < 4.78 is 12.6. The van der Waals surface area contributed by atoms with E-state index in [2.05, 4.69) is 40.3 Å². The van der Waals surface area contributed by atoms with Gasteiger partial charge in [-0.05, 0) is 82.1 Å². The number of hydrogen-bond acceptors (Lipinski definition) is 5. The molecule has 180 valence electrons. The van der Waals surface area contributed by atoms with Crippen LogP contribution in [0, 0.1) is 29.9 Å². The molecule has 6 nitrogen and oxygen atoms in total. The van der Waals surface area contributed by atoms with Crippen LogP contribution in [0.2, 0.25) is 0 Å². The minimum atomic E-state index is -0.286. The smallest absolute Gasteiger partial charge is 0.292 e. The average Bonchev–Trinajstić information content (AvgIpc) is 3.34. The highest BCUT2D eigenvalue weighted by molar-refractivity contribution is 9.10. The molecule has 0 radical (unpaired) electrons. The minimum Gasteiger partial charge on any atom is -0.493 e. The average molecular weight is 535 g/mol. The number of benzene rings is 3. The number of rotatable bonds is 6. The van der Waals surface area contributed by atoms with E-state index in [1.165, 1.54) is 0 Å². The number of aryl methyl sites for hydroxylation is 1. The van der Waals surface area contributed by atoms with Gasteiger partial charge in [0.25, 0.3) is 5.69 Å². The van der Waals surface area contributed by atoms with E-state index in [4.69, 9.17) is 9.47 Å². The third kappa shape index (κ3) is 4.18. The first-order chi connectivity index (χ1) is 16.9. The zero-order valence-corrected chi connectivity index (χ0v) is 21.5. The van der Waals surface area contributed by atoms with Gasteiger partial charge in [0.2, 0.25) is 0 Å². The molecule has 1 aliphatic heterocycles. The molecule has 3 atom stereocenters. The molecule has 35 heavy (non-hydrogen) atoms. The predicted molar refractivity (Wildman–Crippen MR) is 140 cm³/mol. The number of nitro benzene ring substituents is 1. The second kappa shape index (κ2) is 9.38. The van der Waals surface area contributed by atoms with Gasteiger partial charge in [-0.1, -0.05) is 42.5 Å². The van der Waals surface area contributed by atoms with Crippen molar-refractivity contribution in [2.45, 2.75) is 38.8 Å². The van der Waals surface area contributed by atoms with Gasteiger partial charge < -0.3 is 14.8 Å². The lowest BCUT2D eigenvalue weighted by molar-refractivity contribution is -0.384. The van der Waals surface area contributed by atoms with Crippen LogP contribution in [0.3, 0.4) is 0 Å². The lowest BCUT2D eigenvalue weighted by Crippen LogP contribution is -2.30. The molecule has 1 N–H and O–H groups in total. The predicted octanol–water partition coefficient (Wildman–Crippen LogP) is 7.39. The van der Waals surface area contributed by atoms with Crippen molar-refractivity contribution in [2.24, 2.45) is 5.92 Å². The number of hydrogen-bond donors (Lipinski definition) is 1. The van der Waals surface area contributed by atoms with Crippen molar-refractivity contribution in [2.75, 3.05) is 12.4 Å². The van der Waals surface area contributed by atoms with E-state index in [1.54, 1.807) is 13.2 Å². The summed E-state index contributed by atoms with van der Waals surface area (Å²) in [6.45, 7) is 4.42. The van der Waals surface area contributed by atoms with Crippen molar-refractivity contribution in [3.63, 3.8) is 0 Å². The van der Waals surface area contributed by atoms with E-state index in [-0.39, 0.29) is 28.5 Å². The highest BCUT2D eigenvalue weighted by Gasteiger charge is 2.42. The first-order valence-electron chi connectivity index (χ1n) is 11.6. The van der Waals surface area contributed by atoms with Crippen molar-refractivity contribution >= 4 is 27.3 Å². The molecule has 0 amide bonds. The number of methoxy groups -OCH3 is 1. The summed E-state index contributed by atoms with van der Waals surface area (Å²) >= 11 is 3.69. The fourth-order valence-electron chi connectivity index (χ4n) is 5.34. The maximum atomic E-state index is 12.0. The van der Waals surface area contributed by atoms with Gasteiger partial charge in [-0.3, -0.25) is 10.1 Å². The van der Waals surface area contributed by atoms with Crippen LogP contribution in [0.5, 0.6) is 11.5 Å². The fraction of sp³-hybridized carbons (Fsp3) is 0.286. The zero-order valence-electron chi connectivity index (χ0n) is 19.9. The Kier molecular flexibility index (Phi) is 6.28. The van der Waals surface area contributed by atoms with Crippen LogP contribution in [0.15, 0.2) is 65.2 Å². The second-order valence-electron chi connectivity index (χ2n) is 9.17. The molecule has 0 bridgehead atoms. The first-order valence-corrected chi connectivity index (χ1v) is 12.4.